The fourth-order valence-electron chi connectivity index (χ4n) is 1.49. The van der Waals surface area contributed by atoms with Crippen molar-refractivity contribution in [3.05, 3.63) is 0 Å². The minimum absolute atomic E-state index is 0.0509. The first-order valence-corrected chi connectivity index (χ1v) is 3.88. The molecular weight excluding hydrogens is 146 g/mol. The third-order valence-corrected chi connectivity index (χ3v) is 2.06. The van der Waals surface area contributed by atoms with E-state index in [-0.39, 0.29) is 24.8 Å². The van der Waals surface area contributed by atoms with Crippen LogP contribution in [0.5, 0.6) is 0 Å². The first-order chi connectivity index (χ1) is 5.36. The molecule has 4 nitrogen and oxygen atoms in total. The van der Waals surface area contributed by atoms with Crippen molar-refractivity contribution in [1.29, 1.82) is 0 Å². The zero-order valence-corrected chi connectivity index (χ0v) is 6.21. The summed E-state index contributed by atoms with van der Waals surface area (Å²) in [5, 5.41) is 3.15. The summed E-state index contributed by atoms with van der Waals surface area (Å²) in [6.07, 6.45) is 1.02. The van der Waals surface area contributed by atoms with Crippen LogP contribution in [-0.2, 0) is 14.3 Å². The van der Waals surface area contributed by atoms with E-state index >= 15 is 0 Å². The van der Waals surface area contributed by atoms with E-state index in [0.717, 1.165) is 19.5 Å². The number of esters is 1. The summed E-state index contributed by atoms with van der Waals surface area (Å²) < 4.78 is 10.3. The molecule has 2 aliphatic heterocycles. The second-order valence-corrected chi connectivity index (χ2v) is 2.87. The van der Waals surface area contributed by atoms with E-state index < -0.39 is 0 Å². The third kappa shape index (κ3) is 1.36. The molecule has 1 N–H and O–H groups in total. The zero-order chi connectivity index (χ0) is 7.68. The molecule has 0 aromatic heterocycles. The van der Waals surface area contributed by atoms with Crippen LogP contribution in [0.1, 0.15) is 6.42 Å². The predicted molar refractivity (Wildman–Crippen MR) is 37.1 cm³/mol. The number of carbonyl (C=O) groups is 1. The lowest BCUT2D eigenvalue weighted by Gasteiger charge is -2.34. The Hall–Kier alpha value is -0.610. The summed E-state index contributed by atoms with van der Waals surface area (Å²) in [4.78, 5) is 10.7. The lowest BCUT2D eigenvalue weighted by Crippen LogP contribution is -2.51. The Kier molecular flexibility index (Phi) is 1.79. The number of hydrogen-bond acceptors (Lipinski definition) is 4. The molecule has 2 aliphatic rings. The molecule has 0 bridgehead atoms. The molecule has 2 unspecified atom stereocenters. The molecule has 2 heterocycles. The van der Waals surface area contributed by atoms with Crippen molar-refractivity contribution in [1.82, 2.24) is 5.32 Å². The number of rotatable bonds is 0. The second-order valence-electron chi connectivity index (χ2n) is 2.87. The highest BCUT2D eigenvalue weighted by Gasteiger charge is 2.33. The lowest BCUT2D eigenvalue weighted by molar-refractivity contribution is -0.185. The van der Waals surface area contributed by atoms with Crippen LogP contribution < -0.4 is 5.32 Å². The number of piperidine rings is 1. The predicted octanol–water partition coefficient (Wildman–Crippen LogP) is -0.710. The Morgan fingerprint density at radius 2 is 2.36 bits per heavy atom. The van der Waals surface area contributed by atoms with Crippen LogP contribution in [0.15, 0.2) is 0 Å². The molecular formula is C7H11NO3. The van der Waals surface area contributed by atoms with E-state index in [1.54, 1.807) is 0 Å². The Morgan fingerprint density at radius 1 is 1.45 bits per heavy atom. The van der Waals surface area contributed by atoms with E-state index in [1.807, 2.05) is 0 Å². The lowest BCUT2D eigenvalue weighted by atomic mass is 10.1. The Morgan fingerprint density at radius 3 is 3.27 bits per heavy atom. The monoisotopic (exact) mass is 157 g/mol. The van der Waals surface area contributed by atoms with Gasteiger partial charge in [-0.05, 0) is 13.0 Å². The van der Waals surface area contributed by atoms with Crippen LogP contribution >= 0.6 is 0 Å². The maximum atomic E-state index is 10.7. The maximum Gasteiger partial charge on any atom is 0.332 e. The standard InChI is InChI=1S/C7H11NO3/c9-7-4-10-5-1-2-8-3-6(5)11-7/h5-6,8H,1-4H2. The molecule has 2 fully saturated rings. The van der Waals surface area contributed by atoms with Crippen molar-refractivity contribution in [3.63, 3.8) is 0 Å². The Bertz CT molecular complexity index is 171. The van der Waals surface area contributed by atoms with Crippen molar-refractivity contribution in [2.75, 3.05) is 19.7 Å². The van der Waals surface area contributed by atoms with Crippen LogP contribution in [0, 0.1) is 0 Å². The van der Waals surface area contributed by atoms with Gasteiger partial charge < -0.3 is 14.8 Å². The van der Waals surface area contributed by atoms with Gasteiger partial charge in [0.05, 0.1) is 6.10 Å². The van der Waals surface area contributed by atoms with E-state index in [2.05, 4.69) is 5.32 Å². The largest absolute Gasteiger partial charge is 0.457 e. The van der Waals surface area contributed by atoms with Gasteiger partial charge in [0.15, 0.2) is 0 Å². The van der Waals surface area contributed by atoms with Gasteiger partial charge in [0.25, 0.3) is 0 Å². The SMILES string of the molecule is O=C1COC2CCNCC2O1. The molecule has 0 radical (unpaired) electrons. The summed E-state index contributed by atoms with van der Waals surface area (Å²) >= 11 is 0. The highest BCUT2D eigenvalue weighted by Crippen LogP contribution is 2.16. The Balaban J connectivity index is 1.98. The molecule has 11 heavy (non-hydrogen) atoms. The van der Waals surface area contributed by atoms with Gasteiger partial charge in [-0.2, -0.15) is 0 Å². The third-order valence-electron chi connectivity index (χ3n) is 2.06. The molecule has 0 saturated carbocycles. The number of hydrogen-bond donors (Lipinski definition) is 1. The van der Waals surface area contributed by atoms with Crippen molar-refractivity contribution in [2.45, 2.75) is 18.6 Å². The van der Waals surface area contributed by atoms with Gasteiger partial charge in [-0.3, -0.25) is 0 Å². The van der Waals surface area contributed by atoms with Gasteiger partial charge in [0.1, 0.15) is 12.7 Å². The number of nitrogens with one attached hydrogen (secondary N) is 1. The van der Waals surface area contributed by atoms with Crippen LogP contribution in [-0.4, -0.2) is 37.9 Å². The number of ether oxygens (including phenoxy) is 2. The molecule has 0 aromatic carbocycles. The molecule has 0 aliphatic carbocycles. The van der Waals surface area contributed by atoms with Gasteiger partial charge in [-0.1, -0.05) is 0 Å². The van der Waals surface area contributed by atoms with Gasteiger partial charge in [0.2, 0.25) is 0 Å². The van der Waals surface area contributed by atoms with E-state index in [1.165, 1.54) is 0 Å². The summed E-state index contributed by atoms with van der Waals surface area (Å²) in [5.74, 6) is -0.241. The fraction of sp³-hybridized carbons (Fsp3) is 0.857. The van der Waals surface area contributed by atoms with Crippen molar-refractivity contribution in [3.8, 4) is 0 Å². The molecule has 0 spiro atoms. The molecule has 0 aromatic rings. The molecule has 2 saturated heterocycles. The first-order valence-electron chi connectivity index (χ1n) is 3.88. The normalized spacial score (nSPS) is 37.6. The van der Waals surface area contributed by atoms with E-state index in [9.17, 15) is 4.79 Å². The first kappa shape index (κ1) is 7.06. The van der Waals surface area contributed by atoms with Crippen LogP contribution in [0.4, 0.5) is 0 Å². The number of fused-ring (bicyclic) bond motifs is 1. The molecule has 62 valence electrons. The van der Waals surface area contributed by atoms with Gasteiger partial charge in [-0.15, -0.1) is 0 Å². The van der Waals surface area contributed by atoms with E-state index in [0.29, 0.717) is 0 Å². The average Bonchev–Trinajstić information content (AvgIpc) is 2.04. The summed E-state index contributed by atoms with van der Waals surface area (Å²) in [6, 6.07) is 0. The van der Waals surface area contributed by atoms with Crippen LogP contribution in [0.25, 0.3) is 0 Å². The molecule has 2 atom stereocenters. The fourth-order valence-corrected chi connectivity index (χ4v) is 1.49. The van der Waals surface area contributed by atoms with Crippen molar-refractivity contribution >= 4 is 5.97 Å². The summed E-state index contributed by atoms with van der Waals surface area (Å²) in [5.41, 5.74) is 0. The minimum atomic E-state index is -0.241. The molecule has 4 heteroatoms. The maximum absolute atomic E-state index is 10.7. The average molecular weight is 157 g/mol. The topological polar surface area (TPSA) is 47.6 Å². The smallest absolute Gasteiger partial charge is 0.332 e. The van der Waals surface area contributed by atoms with E-state index in [4.69, 9.17) is 9.47 Å². The van der Waals surface area contributed by atoms with Crippen molar-refractivity contribution in [2.24, 2.45) is 0 Å². The number of carbonyl (C=O) groups excluding carboxylic acids is 1. The van der Waals surface area contributed by atoms with Gasteiger partial charge in [0, 0.05) is 6.54 Å². The van der Waals surface area contributed by atoms with Crippen LogP contribution in [0.3, 0.4) is 0 Å². The highest BCUT2D eigenvalue weighted by molar-refractivity contribution is 5.71. The van der Waals surface area contributed by atoms with Gasteiger partial charge in [-0.25, -0.2) is 4.79 Å². The molecule has 0 amide bonds. The molecule has 2 rings (SSSR count). The van der Waals surface area contributed by atoms with Crippen molar-refractivity contribution < 1.29 is 14.3 Å². The quantitative estimate of drug-likeness (QED) is 0.472. The minimum Gasteiger partial charge on any atom is -0.457 e. The Labute approximate surface area is 64.9 Å². The summed E-state index contributed by atoms with van der Waals surface area (Å²) in [6.45, 7) is 1.82. The van der Waals surface area contributed by atoms with Gasteiger partial charge >= 0.3 is 5.97 Å². The summed E-state index contributed by atoms with van der Waals surface area (Å²) in [7, 11) is 0. The second kappa shape index (κ2) is 2.79. The highest BCUT2D eigenvalue weighted by atomic mass is 16.6. The van der Waals surface area contributed by atoms with Crippen LogP contribution in [0.2, 0.25) is 0 Å². The zero-order valence-electron chi connectivity index (χ0n) is 6.21.